The number of benzene rings is 2. The zero-order valence-electron chi connectivity index (χ0n) is 17.4. The van der Waals surface area contributed by atoms with E-state index in [1.54, 1.807) is 12.1 Å². The second-order valence-electron chi connectivity index (χ2n) is 6.96. The lowest BCUT2D eigenvalue weighted by atomic mass is 10.1. The molecule has 30 heavy (non-hydrogen) atoms. The third-order valence-corrected chi connectivity index (χ3v) is 4.91. The first-order chi connectivity index (χ1) is 14.4. The normalized spacial score (nSPS) is 11.6. The molecule has 0 saturated carbocycles. The topological polar surface area (TPSA) is 58.6 Å². The second kappa shape index (κ2) is 12.2. The average molecular weight is 435 g/mol. The van der Waals surface area contributed by atoms with E-state index in [-0.39, 0.29) is 30.8 Å². The number of carbonyl (C=O) groups is 2. The molecule has 162 valence electrons. The number of carbonyl (C=O) groups excluding carboxylic acids is 2. The Morgan fingerprint density at radius 1 is 1.10 bits per heavy atom. The minimum Gasteiger partial charge on any atom is -0.484 e. The molecule has 0 aromatic heterocycles. The average Bonchev–Trinajstić information content (AvgIpc) is 2.74. The van der Waals surface area contributed by atoms with Crippen molar-refractivity contribution in [1.29, 1.82) is 0 Å². The number of nitrogens with one attached hydrogen (secondary N) is 1. The minimum absolute atomic E-state index is 0.185. The van der Waals surface area contributed by atoms with Gasteiger partial charge in [0.2, 0.25) is 5.91 Å². The number of rotatable bonds is 11. The summed E-state index contributed by atoms with van der Waals surface area (Å²) in [5, 5.41) is 3.51. The van der Waals surface area contributed by atoms with Gasteiger partial charge in [0.25, 0.3) is 5.91 Å². The molecule has 5 nitrogen and oxygen atoms in total. The Labute approximate surface area is 182 Å². The standard InChI is InChI=1S/C23H28ClFN2O3/c1-3-5-14-26-23(29)21(4-2)27(15-17-6-8-18(24)9-7-17)22(28)16-30-20-12-10-19(25)11-13-20/h6-13,21H,3-5,14-16H2,1-2H3,(H,26,29). The number of hydrogen-bond acceptors (Lipinski definition) is 3. The Morgan fingerprint density at radius 2 is 1.77 bits per heavy atom. The summed E-state index contributed by atoms with van der Waals surface area (Å²) in [5.74, 6) is -0.508. The van der Waals surface area contributed by atoms with Crippen LogP contribution in [0.25, 0.3) is 0 Å². The van der Waals surface area contributed by atoms with E-state index in [1.165, 1.54) is 29.2 Å². The first kappa shape index (κ1) is 23.7. The highest BCUT2D eigenvalue weighted by Gasteiger charge is 2.28. The molecule has 0 fully saturated rings. The molecule has 1 atom stereocenters. The quantitative estimate of drug-likeness (QED) is 0.526. The van der Waals surface area contributed by atoms with Crippen molar-refractivity contribution in [2.45, 2.75) is 45.7 Å². The molecule has 0 aliphatic rings. The van der Waals surface area contributed by atoms with Crippen LogP contribution >= 0.6 is 11.6 Å². The Morgan fingerprint density at radius 3 is 2.37 bits per heavy atom. The predicted molar refractivity (Wildman–Crippen MR) is 116 cm³/mol. The number of ether oxygens (including phenoxy) is 1. The molecule has 1 N–H and O–H groups in total. The van der Waals surface area contributed by atoms with Crippen LogP contribution in [0.1, 0.15) is 38.7 Å². The number of unbranched alkanes of at least 4 members (excludes halogenated alkanes) is 1. The van der Waals surface area contributed by atoms with E-state index in [1.807, 2.05) is 26.0 Å². The fourth-order valence-corrected chi connectivity index (χ4v) is 3.10. The molecule has 0 spiro atoms. The van der Waals surface area contributed by atoms with Gasteiger partial charge in [0.15, 0.2) is 6.61 Å². The van der Waals surface area contributed by atoms with E-state index in [9.17, 15) is 14.0 Å². The lowest BCUT2D eigenvalue weighted by Gasteiger charge is -2.30. The van der Waals surface area contributed by atoms with Crippen LogP contribution in [0.5, 0.6) is 5.75 Å². The summed E-state index contributed by atoms with van der Waals surface area (Å²) in [6.07, 6.45) is 2.31. The van der Waals surface area contributed by atoms with Crippen LogP contribution in [0.3, 0.4) is 0 Å². The Bertz CT molecular complexity index is 812. The number of nitrogens with zero attached hydrogens (tertiary/aromatic N) is 1. The zero-order chi connectivity index (χ0) is 21.9. The second-order valence-corrected chi connectivity index (χ2v) is 7.40. The summed E-state index contributed by atoms with van der Waals surface area (Å²) in [6, 6.07) is 12.0. The van der Waals surface area contributed by atoms with E-state index in [0.29, 0.717) is 23.7 Å². The molecule has 0 bridgehead atoms. The van der Waals surface area contributed by atoms with Gasteiger partial charge in [0.1, 0.15) is 17.6 Å². The highest BCUT2D eigenvalue weighted by molar-refractivity contribution is 6.30. The van der Waals surface area contributed by atoms with Crippen molar-refractivity contribution in [2.24, 2.45) is 0 Å². The first-order valence-corrected chi connectivity index (χ1v) is 10.5. The number of amides is 2. The molecule has 7 heteroatoms. The van der Waals surface area contributed by atoms with Crippen LogP contribution in [0.15, 0.2) is 48.5 Å². The van der Waals surface area contributed by atoms with Gasteiger partial charge in [-0.2, -0.15) is 0 Å². The molecule has 1 unspecified atom stereocenters. The molecule has 0 heterocycles. The first-order valence-electron chi connectivity index (χ1n) is 10.1. The highest BCUT2D eigenvalue weighted by atomic mass is 35.5. The van der Waals surface area contributed by atoms with Crippen LogP contribution in [-0.2, 0) is 16.1 Å². The predicted octanol–water partition coefficient (Wildman–Crippen LogP) is 4.58. The lowest BCUT2D eigenvalue weighted by molar-refractivity contribution is -0.143. The largest absolute Gasteiger partial charge is 0.484 e. The number of halogens is 2. The van der Waals surface area contributed by atoms with E-state index >= 15 is 0 Å². The molecule has 0 radical (unpaired) electrons. The Kier molecular flexibility index (Phi) is 9.61. The van der Waals surface area contributed by atoms with Crippen molar-refractivity contribution < 1.29 is 18.7 Å². The summed E-state index contributed by atoms with van der Waals surface area (Å²) in [7, 11) is 0. The zero-order valence-corrected chi connectivity index (χ0v) is 18.1. The van der Waals surface area contributed by atoms with Gasteiger partial charge in [-0.1, -0.05) is 44.0 Å². The third kappa shape index (κ3) is 7.34. The molecule has 0 saturated heterocycles. The smallest absolute Gasteiger partial charge is 0.261 e. The maximum Gasteiger partial charge on any atom is 0.261 e. The summed E-state index contributed by atoms with van der Waals surface area (Å²) < 4.78 is 18.6. The van der Waals surface area contributed by atoms with Gasteiger partial charge in [-0.05, 0) is 54.8 Å². The van der Waals surface area contributed by atoms with Gasteiger partial charge in [-0.25, -0.2) is 4.39 Å². The van der Waals surface area contributed by atoms with Crippen molar-refractivity contribution in [1.82, 2.24) is 10.2 Å². The maximum absolute atomic E-state index is 13.1. The maximum atomic E-state index is 13.1. The van der Waals surface area contributed by atoms with Gasteiger partial charge in [0.05, 0.1) is 0 Å². The van der Waals surface area contributed by atoms with E-state index < -0.39 is 6.04 Å². The molecular formula is C23H28ClFN2O3. The molecule has 2 amide bonds. The highest BCUT2D eigenvalue weighted by Crippen LogP contribution is 2.17. The van der Waals surface area contributed by atoms with Crippen molar-refractivity contribution in [2.75, 3.05) is 13.2 Å². The summed E-state index contributed by atoms with van der Waals surface area (Å²) in [6.45, 7) is 4.49. The Balaban J connectivity index is 2.15. The fourth-order valence-electron chi connectivity index (χ4n) is 2.97. The van der Waals surface area contributed by atoms with Crippen molar-refractivity contribution in [3.8, 4) is 5.75 Å². The summed E-state index contributed by atoms with van der Waals surface area (Å²) >= 11 is 5.96. The van der Waals surface area contributed by atoms with Crippen LogP contribution in [0.2, 0.25) is 5.02 Å². The van der Waals surface area contributed by atoms with E-state index in [4.69, 9.17) is 16.3 Å². The summed E-state index contributed by atoms with van der Waals surface area (Å²) in [5.41, 5.74) is 0.856. The molecular weight excluding hydrogens is 407 g/mol. The van der Waals surface area contributed by atoms with Gasteiger partial charge in [0, 0.05) is 18.1 Å². The van der Waals surface area contributed by atoms with Gasteiger partial charge < -0.3 is 15.0 Å². The molecule has 0 aliphatic heterocycles. The van der Waals surface area contributed by atoms with Crippen molar-refractivity contribution in [3.63, 3.8) is 0 Å². The van der Waals surface area contributed by atoms with Crippen molar-refractivity contribution in [3.05, 3.63) is 64.9 Å². The molecule has 2 aromatic carbocycles. The van der Waals surface area contributed by atoms with E-state index in [0.717, 1.165) is 18.4 Å². The Hall–Kier alpha value is -2.60. The molecule has 2 rings (SSSR count). The SMILES string of the molecule is CCCCNC(=O)C(CC)N(Cc1ccc(Cl)cc1)C(=O)COc1ccc(F)cc1. The third-order valence-electron chi connectivity index (χ3n) is 4.66. The van der Waals surface area contributed by atoms with Crippen LogP contribution < -0.4 is 10.1 Å². The minimum atomic E-state index is -0.623. The van der Waals surface area contributed by atoms with Crippen LogP contribution in [-0.4, -0.2) is 35.9 Å². The van der Waals surface area contributed by atoms with E-state index in [2.05, 4.69) is 5.32 Å². The van der Waals surface area contributed by atoms with Gasteiger partial charge in [-0.15, -0.1) is 0 Å². The lowest BCUT2D eigenvalue weighted by Crippen LogP contribution is -2.50. The van der Waals surface area contributed by atoms with Gasteiger partial charge >= 0.3 is 0 Å². The fraction of sp³-hybridized carbons (Fsp3) is 0.391. The van der Waals surface area contributed by atoms with Gasteiger partial charge in [-0.3, -0.25) is 9.59 Å². The molecule has 0 aliphatic carbocycles. The number of hydrogen-bond donors (Lipinski definition) is 1. The molecule has 2 aromatic rings. The van der Waals surface area contributed by atoms with Crippen molar-refractivity contribution >= 4 is 23.4 Å². The van der Waals surface area contributed by atoms with Crippen LogP contribution in [0.4, 0.5) is 4.39 Å². The van der Waals surface area contributed by atoms with Crippen LogP contribution in [0, 0.1) is 5.82 Å². The summed E-state index contributed by atoms with van der Waals surface area (Å²) in [4.78, 5) is 27.3. The monoisotopic (exact) mass is 434 g/mol.